The number of carbonyl (C=O) groups excluding carboxylic acids is 2. The third kappa shape index (κ3) is 4.13. The van der Waals surface area contributed by atoms with Crippen LogP contribution in [0, 0.1) is 5.92 Å². The lowest BCUT2D eigenvalue weighted by Gasteiger charge is -2.31. The van der Waals surface area contributed by atoms with Crippen molar-refractivity contribution in [3.05, 3.63) is 47.9 Å². The van der Waals surface area contributed by atoms with Crippen LogP contribution in [-0.2, 0) is 17.8 Å². The first kappa shape index (κ1) is 18.4. The number of ether oxygens (including phenoxy) is 1. The zero-order chi connectivity index (χ0) is 19.5. The summed E-state index contributed by atoms with van der Waals surface area (Å²) in [5.74, 6) is 1.58. The third-order valence-corrected chi connectivity index (χ3v) is 5.32. The van der Waals surface area contributed by atoms with E-state index in [4.69, 9.17) is 9.15 Å². The van der Waals surface area contributed by atoms with Gasteiger partial charge in [-0.2, -0.15) is 0 Å². The molecule has 2 aliphatic heterocycles. The number of amides is 3. The first-order chi connectivity index (χ1) is 13.6. The Labute approximate surface area is 164 Å². The number of anilines is 1. The van der Waals surface area contributed by atoms with Crippen LogP contribution in [-0.4, -0.2) is 36.0 Å². The van der Waals surface area contributed by atoms with Crippen molar-refractivity contribution < 1.29 is 18.7 Å². The van der Waals surface area contributed by atoms with Gasteiger partial charge in [0.25, 0.3) is 0 Å². The summed E-state index contributed by atoms with van der Waals surface area (Å²) in [4.78, 5) is 26.6. The lowest BCUT2D eigenvalue weighted by Crippen LogP contribution is -2.44. The molecule has 0 aliphatic carbocycles. The smallest absolute Gasteiger partial charge is 0.321 e. The summed E-state index contributed by atoms with van der Waals surface area (Å²) < 4.78 is 10.9. The van der Waals surface area contributed by atoms with Crippen molar-refractivity contribution in [2.45, 2.75) is 38.8 Å². The number of rotatable bonds is 4. The van der Waals surface area contributed by atoms with Crippen LogP contribution in [0.2, 0.25) is 0 Å². The Bertz CT molecular complexity index is 841. The number of nitrogens with one attached hydrogen (secondary N) is 2. The molecule has 2 aliphatic rings. The zero-order valence-corrected chi connectivity index (χ0v) is 15.9. The highest BCUT2D eigenvalue weighted by atomic mass is 16.5. The number of likely N-dealkylation sites (tertiary alicyclic amines) is 1. The second kappa shape index (κ2) is 7.96. The first-order valence-corrected chi connectivity index (χ1v) is 9.74. The average molecular weight is 383 g/mol. The number of fused-ring (bicyclic) bond motifs is 1. The van der Waals surface area contributed by atoms with Crippen LogP contribution in [0.3, 0.4) is 0 Å². The first-order valence-electron chi connectivity index (χ1n) is 9.74. The molecule has 2 aromatic rings. The van der Waals surface area contributed by atoms with Crippen LogP contribution in [0.5, 0.6) is 5.75 Å². The highest BCUT2D eigenvalue weighted by molar-refractivity contribution is 5.90. The highest BCUT2D eigenvalue weighted by Gasteiger charge is 2.27. The molecule has 3 amide bonds. The van der Waals surface area contributed by atoms with E-state index in [0.717, 1.165) is 29.2 Å². The predicted octanol–water partition coefficient (Wildman–Crippen LogP) is 3.16. The minimum Gasteiger partial charge on any atom is -0.490 e. The van der Waals surface area contributed by atoms with Crippen molar-refractivity contribution in [3.63, 3.8) is 0 Å². The van der Waals surface area contributed by atoms with E-state index < -0.39 is 0 Å². The van der Waals surface area contributed by atoms with Gasteiger partial charge in [-0.3, -0.25) is 4.79 Å². The normalized spacial score (nSPS) is 19.0. The topological polar surface area (TPSA) is 83.8 Å². The van der Waals surface area contributed by atoms with E-state index in [1.807, 2.05) is 31.2 Å². The van der Waals surface area contributed by atoms with Gasteiger partial charge in [-0.15, -0.1) is 0 Å². The largest absolute Gasteiger partial charge is 0.490 e. The van der Waals surface area contributed by atoms with Gasteiger partial charge < -0.3 is 24.7 Å². The van der Waals surface area contributed by atoms with Gasteiger partial charge >= 0.3 is 6.03 Å². The Hall–Kier alpha value is -2.96. The highest BCUT2D eigenvalue weighted by Crippen LogP contribution is 2.31. The molecular formula is C21H25N3O4. The molecule has 4 rings (SSSR count). The van der Waals surface area contributed by atoms with Crippen LogP contribution in [0.25, 0.3) is 0 Å². The Morgan fingerprint density at radius 3 is 2.79 bits per heavy atom. The fraction of sp³-hybridized carbons (Fsp3) is 0.429. The lowest BCUT2D eigenvalue weighted by molar-refractivity contribution is -0.126. The van der Waals surface area contributed by atoms with Crippen LogP contribution in [0.4, 0.5) is 10.5 Å². The zero-order valence-electron chi connectivity index (χ0n) is 15.9. The summed E-state index contributed by atoms with van der Waals surface area (Å²) in [7, 11) is 0. The standard InChI is InChI=1S/C21H25N3O4/c1-14-11-16-12-17(4-5-19(16)28-14)23-21(26)24-8-6-15(7-9-24)20(25)22-13-18-3-2-10-27-18/h2-5,10,12,14-15H,6-9,11,13H2,1H3,(H,22,25)(H,23,26). The number of carbonyl (C=O) groups is 2. The maximum Gasteiger partial charge on any atom is 0.321 e. The molecule has 1 saturated heterocycles. The van der Waals surface area contributed by atoms with Crippen LogP contribution in [0.1, 0.15) is 31.1 Å². The van der Waals surface area contributed by atoms with Gasteiger partial charge in [-0.1, -0.05) is 0 Å². The number of hydrogen-bond acceptors (Lipinski definition) is 4. The second-order valence-electron chi connectivity index (χ2n) is 7.44. The van der Waals surface area contributed by atoms with Crippen LogP contribution >= 0.6 is 0 Å². The third-order valence-electron chi connectivity index (χ3n) is 5.32. The van der Waals surface area contributed by atoms with E-state index in [9.17, 15) is 9.59 Å². The van der Waals surface area contributed by atoms with E-state index >= 15 is 0 Å². The van der Waals surface area contributed by atoms with Gasteiger partial charge in [-0.25, -0.2) is 4.79 Å². The Kier molecular flexibility index (Phi) is 5.23. The molecule has 3 heterocycles. The average Bonchev–Trinajstić information content (AvgIpc) is 3.34. The number of hydrogen-bond donors (Lipinski definition) is 2. The van der Waals surface area contributed by atoms with E-state index in [0.29, 0.717) is 32.5 Å². The Balaban J connectivity index is 1.25. The van der Waals surface area contributed by atoms with Crippen molar-refractivity contribution in [1.29, 1.82) is 0 Å². The minimum atomic E-state index is -0.124. The van der Waals surface area contributed by atoms with Gasteiger partial charge in [0.2, 0.25) is 5.91 Å². The minimum absolute atomic E-state index is 0.0178. The molecular weight excluding hydrogens is 358 g/mol. The fourth-order valence-electron chi connectivity index (χ4n) is 3.78. The SMILES string of the molecule is CC1Cc2cc(NC(=O)N3CCC(C(=O)NCc4ccco4)CC3)ccc2O1. The molecule has 1 aromatic carbocycles. The van der Waals surface area contributed by atoms with Crippen LogP contribution in [0.15, 0.2) is 41.0 Å². The summed E-state index contributed by atoms with van der Waals surface area (Å²) in [5, 5.41) is 5.86. The monoisotopic (exact) mass is 383 g/mol. The molecule has 7 nitrogen and oxygen atoms in total. The molecule has 7 heteroatoms. The van der Waals surface area contributed by atoms with E-state index in [-0.39, 0.29) is 24.0 Å². The van der Waals surface area contributed by atoms with Crippen molar-refractivity contribution in [2.75, 3.05) is 18.4 Å². The maximum absolute atomic E-state index is 12.6. The van der Waals surface area contributed by atoms with Gasteiger partial charge in [0, 0.05) is 31.1 Å². The maximum atomic E-state index is 12.6. The molecule has 0 radical (unpaired) electrons. The van der Waals surface area contributed by atoms with Crippen LogP contribution < -0.4 is 15.4 Å². The fourth-order valence-corrected chi connectivity index (χ4v) is 3.78. The van der Waals surface area contributed by atoms with Crippen molar-refractivity contribution in [3.8, 4) is 5.75 Å². The Morgan fingerprint density at radius 2 is 2.04 bits per heavy atom. The van der Waals surface area contributed by atoms with Gasteiger partial charge in [0.1, 0.15) is 17.6 Å². The van der Waals surface area contributed by atoms with E-state index in [1.54, 1.807) is 17.2 Å². The van der Waals surface area contributed by atoms with Crippen molar-refractivity contribution in [2.24, 2.45) is 5.92 Å². The summed E-state index contributed by atoms with van der Waals surface area (Å²) in [5.41, 5.74) is 1.90. The van der Waals surface area contributed by atoms with E-state index in [2.05, 4.69) is 10.6 Å². The molecule has 148 valence electrons. The number of furan rings is 1. The Morgan fingerprint density at radius 1 is 1.21 bits per heavy atom. The molecule has 2 N–H and O–H groups in total. The molecule has 0 bridgehead atoms. The second-order valence-corrected chi connectivity index (χ2v) is 7.44. The van der Waals surface area contributed by atoms with Crippen molar-refractivity contribution in [1.82, 2.24) is 10.2 Å². The summed E-state index contributed by atoms with van der Waals surface area (Å²) in [6.07, 6.45) is 3.95. The van der Waals surface area contributed by atoms with Crippen molar-refractivity contribution >= 4 is 17.6 Å². The number of piperidine rings is 1. The number of benzene rings is 1. The molecule has 0 saturated carbocycles. The van der Waals surface area contributed by atoms with Gasteiger partial charge in [-0.05, 0) is 55.7 Å². The summed E-state index contributed by atoms with van der Waals surface area (Å²) in [6, 6.07) is 9.26. The molecule has 1 fully saturated rings. The number of nitrogens with zero attached hydrogens (tertiary/aromatic N) is 1. The molecule has 1 atom stereocenters. The summed E-state index contributed by atoms with van der Waals surface area (Å²) >= 11 is 0. The lowest BCUT2D eigenvalue weighted by atomic mass is 9.96. The van der Waals surface area contributed by atoms with Gasteiger partial charge in [0.15, 0.2) is 0 Å². The molecule has 28 heavy (non-hydrogen) atoms. The molecule has 1 unspecified atom stereocenters. The quantitative estimate of drug-likeness (QED) is 0.849. The number of urea groups is 1. The molecule has 1 aromatic heterocycles. The summed E-state index contributed by atoms with van der Waals surface area (Å²) in [6.45, 7) is 3.56. The van der Waals surface area contributed by atoms with E-state index in [1.165, 1.54) is 0 Å². The predicted molar refractivity (Wildman–Crippen MR) is 104 cm³/mol. The van der Waals surface area contributed by atoms with Gasteiger partial charge in [0.05, 0.1) is 12.8 Å². The molecule has 0 spiro atoms.